The van der Waals surface area contributed by atoms with E-state index < -0.39 is 11.9 Å². The summed E-state index contributed by atoms with van der Waals surface area (Å²) in [6, 6.07) is 0. The Kier molecular flexibility index (Phi) is 2.80. The van der Waals surface area contributed by atoms with Gasteiger partial charge in [-0.05, 0) is 5.92 Å². The van der Waals surface area contributed by atoms with Gasteiger partial charge in [-0.15, -0.1) is 0 Å². The molecule has 13 heavy (non-hydrogen) atoms. The van der Waals surface area contributed by atoms with Gasteiger partial charge in [0.1, 0.15) is 11.7 Å². The molecule has 1 saturated carbocycles. The molecule has 0 heterocycles. The molecule has 1 rings (SSSR count). The van der Waals surface area contributed by atoms with E-state index in [1.807, 2.05) is 0 Å². The van der Waals surface area contributed by atoms with Crippen LogP contribution in [-0.4, -0.2) is 24.6 Å². The number of methoxy groups -OCH3 is 1. The fourth-order valence-electron chi connectivity index (χ4n) is 1.66. The monoisotopic (exact) mass is 184 g/mol. The lowest BCUT2D eigenvalue weighted by atomic mass is 9.79. The third-order valence-corrected chi connectivity index (χ3v) is 2.29. The van der Waals surface area contributed by atoms with Crippen LogP contribution in [0.3, 0.4) is 0 Å². The van der Waals surface area contributed by atoms with Gasteiger partial charge in [0.25, 0.3) is 0 Å². The molecule has 72 valence electrons. The van der Waals surface area contributed by atoms with Crippen molar-refractivity contribution < 1.29 is 19.1 Å². The van der Waals surface area contributed by atoms with E-state index in [1.54, 1.807) is 6.92 Å². The zero-order valence-electron chi connectivity index (χ0n) is 7.70. The van der Waals surface area contributed by atoms with Crippen molar-refractivity contribution in [3.8, 4) is 0 Å². The number of hydrogen-bond donors (Lipinski definition) is 0. The molecule has 4 nitrogen and oxygen atoms in total. The largest absolute Gasteiger partial charge is 0.468 e. The maximum atomic E-state index is 11.3. The molecule has 0 aromatic heterocycles. The van der Waals surface area contributed by atoms with Gasteiger partial charge in [0.15, 0.2) is 5.78 Å². The van der Waals surface area contributed by atoms with Crippen LogP contribution in [0.1, 0.15) is 19.8 Å². The summed E-state index contributed by atoms with van der Waals surface area (Å²) in [5.74, 6) is -1.87. The average molecular weight is 184 g/mol. The first-order chi connectivity index (χ1) is 6.06. The van der Waals surface area contributed by atoms with Crippen LogP contribution in [-0.2, 0) is 19.1 Å². The first-order valence-electron chi connectivity index (χ1n) is 4.18. The molecule has 2 atom stereocenters. The molecule has 0 unspecified atom stereocenters. The molecular weight excluding hydrogens is 172 g/mol. The Morgan fingerprint density at radius 3 is 2.54 bits per heavy atom. The topological polar surface area (TPSA) is 60.4 Å². The second-order valence-electron chi connectivity index (χ2n) is 3.36. The van der Waals surface area contributed by atoms with Gasteiger partial charge in [-0.2, -0.15) is 0 Å². The second kappa shape index (κ2) is 3.68. The molecule has 1 aliphatic carbocycles. The van der Waals surface area contributed by atoms with Crippen molar-refractivity contribution in [3.63, 3.8) is 0 Å². The van der Waals surface area contributed by atoms with Crippen molar-refractivity contribution >= 4 is 17.5 Å². The van der Waals surface area contributed by atoms with Crippen LogP contribution >= 0.6 is 0 Å². The van der Waals surface area contributed by atoms with E-state index in [1.165, 1.54) is 7.11 Å². The van der Waals surface area contributed by atoms with Crippen molar-refractivity contribution in [3.05, 3.63) is 0 Å². The minimum absolute atomic E-state index is 0.0855. The predicted octanol–water partition coefficient (Wildman–Crippen LogP) is 0.344. The van der Waals surface area contributed by atoms with Crippen molar-refractivity contribution in [2.24, 2.45) is 11.8 Å². The molecule has 4 heteroatoms. The Bertz CT molecular complexity index is 256. The Hall–Kier alpha value is -1.19. The lowest BCUT2D eigenvalue weighted by Crippen LogP contribution is -2.37. The van der Waals surface area contributed by atoms with Crippen LogP contribution in [0.4, 0.5) is 0 Å². The van der Waals surface area contributed by atoms with E-state index in [4.69, 9.17) is 0 Å². The summed E-state index contributed by atoms with van der Waals surface area (Å²) in [4.78, 5) is 33.4. The van der Waals surface area contributed by atoms with Gasteiger partial charge in [-0.3, -0.25) is 14.4 Å². The SMILES string of the molecule is COC(=O)[C@@H]1C(=O)CC(=O)C[C@@H]1C. The van der Waals surface area contributed by atoms with Crippen molar-refractivity contribution in [1.29, 1.82) is 0 Å². The fraction of sp³-hybridized carbons (Fsp3) is 0.667. The van der Waals surface area contributed by atoms with Gasteiger partial charge in [0, 0.05) is 6.42 Å². The standard InChI is InChI=1S/C9H12O4/c1-5-3-6(10)4-7(11)8(5)9(12)13-2/h5,8H,3-4H2,1-2H3/t5-,8-/m0/s1. The maximum absolute atomic E-state index is 11.3. The van der Waals surface area contributed by atoms with Gasteiger partial charge < -0.3 is 4.74 Å². The Labute approximate surface area is 76.3 Å². The maximum Gasteiger partial charge on any atom is 0.316 e. The smallest absolute Gasteiger partial charge is 0.316 e. The Morgan fingerprint density at radius 2 is 2.08 bits per heavy atom. The van der Waals surface area contributed by atoms with Crippen LogP contribution in [0.5, 0.6) is 0 Å². The number of hydrogen-bond acceptors (Lipinski definition) is 4. The van der Waals surface area contributed by atoms with E-state index in [0.29, 0.717) is 6.42 Å². The number of ketones is 2. The summed E-state index contributed by atoms with van der Waals surface area (Å²) in [6.07, 6.45) is 0.176. The molecule has 0 aliphatic heterocycles. The molecule has 0 aromatic rings. The number of ether oxygens (including phenoxy) is 1. The van der Waals surface area contributed by atoms with E-state index in [2.05, 4.69) is 4.74 Å². The minimum atomic E-state index is -0.734. The fourth-order valence-corrected chi connectivity index (χ4v) is 1.66. The van der Waals surface area contributed by atoms with E-state index >= 15 is 0 Å². The summed E-state index contributed by atoms with van der Waals surface area (Å²) in [6.45, 7) is 1.72. The van der Waals surface area contributed by atoms with E-state index in [-0.39, 0.29) is 23.9 Å². The zero-order chi connectivity index (χ0) is 10.0. The summed E-state index contributed by atoms with van der Waals surface area (Å²) >= 11 is 0. The highest BCUT2D eigenvalue weighted by atomic mass is 16.5. The molecule has 0 bridgehead atoms. The molecule has 0 amide bonds. The summed E-state index contributed by atoms with van der Waals surface area (Å²) in [5.41, 5.74) is 0. The number of carbonyl (C=O) groups excluding carboxylic acids is 3. The predicted molar refractivity (Wildman–Crippen MR) is 43.9 cm³/mol. The first kappa shape index (κ1) is 9.89. The third-order valence-electron chi connectivity index (χ3n) is 2.29. The van der Waals surface area contributed by atoms with E-state index in [0.717, 1.165) is 0 Å². The molecular formula is C9H12O4. The first-order valence-corrected chi connectivity index (χ1v) is 4.18. The van der Waals surface area contributed by atoms with Crippen molar-refractivity contribution in [2.75, 3.05) is 7.11 Å². The van der Waals surface area contributed by atoms with Crippen LogP contribution in [0.15, 0.2) is 0 Å². The van der Waals surface area contributed by atoms with Crippen LogP contribution < -0.4 is 0 Å². The lowest BCUT2D eigenvalue weighted by Gasteiger charge is -2.23. The average Bonchev–Trinajstić information content (AvgIpc) is 2.02. The number of Topliss-reactive ketones (excluding diaryl/α,β-unsaturated/α-hetero) is 2. The van der Waals surface area contributed by atoms with Crippen molar-refractivity contribution in [1.82, 2.24) is 0 Å². The summed E-state index contributed by atoms with van der Waals surface area (Å²) in [5, 5.41) is 0. The highest BCUT2D eigenvalue weighted by molar-refractivity contribution is 6.10. The molecule has 0 saturated heterocycles. The van der Waals surface area contributed by atoms with Gasteiger partial charge >= 0.3 is 5.97 Å². The molecule has 1 aliphatic rings. The normalized spacial score (nSPS) is 28.8. The number of carbonyl (C=O) groups is 3. The van der Waals surface area contributed by atoms with E-state index in [9.17, 15) is 14.4 Å². The van der Waals surface area contributed by atoms with Gasteiger partial charge in [-0.1, -0.05) is 6.92 Å². The summed E-state index contributed by atoms with van der Waals surface area (Å²) in [7, 11) is 1.25. The molecule has 0 radical (unpaired) electrons. The second-order valence-corrected chi connectivity index (χ2v) is 3.36. The van der Waals surface area contributed by atoms with Gasteiger partial charge in [-0.25, -0.2) is 0 Å². The number of esters is 1. The Morgan fingerprint density at radius 1 is 1.46 bits per heavy atom. The van der Waals surface area contributed by atoms with Gasteiger partial charge in [0.05, 0.1) is 13.5 Å². The highest BCUT2D eigenvalue weighted by Gasteiger charge is 2.38. The molecule has 0 N–H and O–H groups in total. The van der Waals surface area contributed by atoms with Crippen LogP contribution in [0, 0.1) is 11.8 Å². The van der Waals surface area contributed by atoms with Crippen LogP contribution in [0.2, 0.25) is 0 Å². The third kappa shape index (κ3) is 1.94. The molecule has 0 spiro atoms. The highest BCUT2D eigenvalue weighted by Crippen LogP contribution is 2.25. The summed E-state index contributed by atoms with van der Waals surface area (Å²) < 4.78 is 4.49. The zero-order valence-corrected chi connectivity index (χ0v) is 7.70. The number of rotatable bonds is 1. The van der Waals surface area contributed by atoms with Gasteiger partial charge in [0.2, 0.25) is 0 Å². The molecule has 0 aromatic carbocycles. The minimum Gasteiger partial charge on any atom is -0.468 e. The lowest BCUT2D eigenvalue weighted by molar-refractivity contribution is -0.153. The Balaban J connectivity index is 2.78. The van der Waals surface area contributed by atoms with Crippen molar-refractivity contribution in [2.45, 2.75) is 19.8 Å². The quantitative estimate of drug-likeness (QED) is 0.435. The molecule has 1 fully saturated rings. The van der Waals surface area contributed by atoms with Crippen LogP contribution in [0.25, 0.3) is 0 Å².